The third kappa shape index (κ3) is 3.24. The van der Waals surface area contributed by atoms with E-state index in [2.05, 4.69) is 9.97 Å². The van der Waals surface area contributed by atoms with Crippen molar-refractivity contribution < 1.29 is 32.3 Å². The van der Waals surface area contributed by atoms with Gasteiger partial charge in [0.1, 0.15) is 34.1 Å². The number of nitrogens with zero attached hydrogens (tertiary/aromatic N) is 5. The largest absolute Gasteiger partial charge is 0.491 e. The van der Waals surface area contributed by atoms with Gasteiger partial charge in [-0.1, -0.05) is 6.07 Å². The van der Waals surface area contributed by atoms with Gasteiger partial charge in [0, 0.05) is 46.8 Å². The van der Waals surface area contributed by atoms with Crippen molar-refractivity contribution in [2.24, 2.45) is 0 Å². The lowest BCUT2D eigenvalue weighted by Crippen LogP contribution is -2.30. The fourth-order valence-electron chi connectivity index (χ4n) is 5.71. The monoisotopic (exact) mass is 522 g/mol. The highest BCUT2D eigenvalue weighted by Crippen LogP contribution is 2.50. The van der Waals surface area contributed by atoms with Crippen LogP contribution in [0.3, 0.4) is 0 Å². The van der Waals surface area contributed by atoms with Crippen LogP contribution in [-0.4, -0.2) is 55.6 Å². The molecule has 38 heavy (non-hydrogen) atoms. The molecule has 9 nitrogen and oxygen atoms in total. The van der Waals surface area contributed by atoms with E-state index in [4.69, 9.17) is 18.6 Å². The van der Waals surface area contributed by atoms with Crippen molar-refractivity contribution in [1.29, 1.82) is 0 Å². The summed E-state index contributed by atoms with van der Waals surface area (Å²) >= 11 is 0. The Morgan fingerprint density at radius 3 is 2.95 bits per heavy atom. The molecule has 0 aliphatic carbocycles. The number of pyridine rings is 2. The van der Waals surface area contributed by atoms with Crippen molar-refractivity contribution in [2.45, 2.75) is 44.1 Å². The third-order valence-corrected chi connectivity index (χ3v) is 7.50. The first kappa shape index (κ1) is 19.9. The molecule has 6 heterocycles. The number of hydrogen-bond acceptors (Lipinski definition) is 7. The van der Waals surface area contributed by atoms with E-state index in [9.17, 15) is 18.7 Å². The van der Waals surface area contributed by atoms with Gasteiger partial charge in [-0.05, 0) is 37.3 Å². The number of aromatic nitrogens is 4. The number of carbonyl (C=O) groups excluding carboxylic acids is 1. The third-order valence-electron chi connectivity index (χ3n) is 7.50. The highest BCUT2D eigenvalue weighted by Gasteiger charge is 2.45. The first-order chi connectivity index (χ1) is 19.4. The summed E-state index contributed by atoms with van der Waals surface area (Å²) < 4.78 is 63.5. The second-order valence-electron chi connectivity index (χ2n) is 9.86. The molecule has 11 heteroatoms. The van der Waals surface area contributed by atoms with Crippen LogP contribution >= 0.6 is 0 Å². The lowest BCUT2D eigenvalue weighted by molar-refractivity contribution is -0.0507. The van der Waals surface area contributed by atoms with E-state index in [-0.39, 0.29) is 23.3 Å². The number of halogens is 2. The molecule has 0 radical (unpaired) electrons. The average Bonchev–Trinajstić information content (AvgIpc) is 3.40. The maximum Gasteiger partial charge on any atom is 0.387 e. The smallest absolute Gasteiger partial charge is 0.387 e. The molecule has 3 aromatic heterocycles. The molecule has 0 fully saturated rings. The molecule has 0 saturated carbocycles. The van der Waals surface area contributed by atoms with E-state index in [1.54, 1.807) is 35.9 Å². The number of hydrogen-bond donors (Lipinski definition) is 1. The zero-order chi connectivity index (χ0) is 28.8. The molecule has 7 rings (SSSR count). The minimum Gasteiger partial charge on any atom is -0.491 e. The summed E-state index contributed by atoms with van der Waals surface area (Å²) in [6.07, 6.45) is 2.09. The number of alkyl halides is 2. The molecule has 0 saturated heterocycles. The normalized spacial score (nSPS) is 25.1. The Hall–Kier alpha value is -4.12. The molecule has 3 atom stereocenters. The maximum atomic E-state index is 13.6. The van der Waals surface area contributed by atoms with Crippen LogP contribution in [0.2, 0.25) is 0 Å². The highest BCUT2D eigenvalue weighted by atomic mass is 19.3. The van der Waals surface area contributed by atoms with Gasteiger partial charge in [0.05, 0.1) is 24.4 Å². The van der Waals surface area contributed by atoms with Crippen molar-refractivity contribution in [3.8, 4) is 22.8 Å². The zero-order valence-corrected chi connectivity index (χ0v) is 20.1. The fraction of sp³-hybridized carbons (Fsp3) is 0.333. The molecule has 3 aliphatic rings. The van der Waals surface area contributed by atoms with Crippen LogP contribution in [0.1, 0.15) is 63.4 Å². The molecule has 0 unspecified atom stereocenters. The molecule has 1 N–H and O–H groups in total. The highest BCUT2D eigenvalue weighted by molar-refractivity contribution is 5.97. The number of amides is 1. The molecule has 2 bridgehead atoms. The predicted octanol–water partition coefficient (Wildman–Crippen LogP) is 4.20. The van der Waals surface area contributed by atoms with E-state index < -0.39 is 37.2 Å². The van der Waals surface area contributed by atoms with Gasteiger partial charge in [-0.2, -0.15) is 8.78 Å². The Balaban J connectivity index is 1.43. The SMILES string of the molecule is [2H]C([2H])([2H])N1C(=O)c2cccc(OC(F)F)c2[C@H]2C[C@@H]1c1nc3ccc(-c4cnc5c(c4)OCC[C@@]5(C)O)nc3n12. The topological polar surface area (TPSA) is 103 Å². The van der Waals surface area contributed by atoms with Crippen molar-refractivity contribution >= 4 is 17.1 Å². The molecule has 1 amide bonds. The van der Waals surface area contributed by atoms with E-state index in [1.165, 1.54) is 18.2 Å². The Kier molecular flexibility index (Phi) is 4.16. The number of rotatable bonds is 3. The summed E-state index contributed by atoms with van der Waals surface area (Å²) in [5.41, 5.74) is 1.38. The van der Waals surface area contributed by atoms with Crippen molar-refractivity contribution in [2.75, 3.05) is 13.6 Å². The number of ether oxygens (including phenoxy) is 2. The van der Waals surface area contributed by atoms with Crippen LogP contribution in [0, 0.1) is 0 Å². The minimum atomic E-state index is -3.15. The van der Waals surface area contributed by atoms with Crippen LogP contribution in [0.25, 0.3) is 22.4 Å². The Bertz CT molecular complexity index is 1740. The van der Waals surface area contributed by atoms with E-state index in [1.807, 2.05) is 0 Å². The number of carbonyl (C=O) groups is 1. The van der Waals surface area contributed by atoms with Crippen LogP contribution < -0.4 is 9.47 Å². The van der Waals surface area contributed by atoms with Crippen LogP contribution in [-0.2, 0) is 5.60 Å². The number of benzene rings is 1. The summed E-state index contributed by atoms with van der Waals surface area (Å²) in [5, 5.41) is 10.7. The van der Waals surface area contributed by atoms with Gasteiger partial charge in [-0.3, -0.25) is 9.78 Å². The quantitative estimate of drug-likeness (QED) is 0.430. The van der Waals surface area contributed by atoms with Crippen molar-refractivity contribution in [3.63, 3.8) is 0 Å². The average molecular weight is 523 g/mol. The molecule has 3 aliphatic heterocycles. The standard InChI is InChI=1S/C27H23F2N5O4/c1-27(36)8-9-37-20-10-13(12-30-22(20)27)15-6-7-16-23(31-15)34-17-11-18(24(34)32-16)33(2)25(35)14-4-3-5-19(21(14)17)38-26(28)29/h3-7,10,12,17-18,26,36H,8-9,11H2,1-2H3/t17-,18-,27-/m1/s1/i2D3. The van der Waals surface area contributed by atoms with Gasteiger partial charge in [0.25, 0.3) is 5.91 Å². The Labute approximate surface area is 219 Å². The van der Waals surface area contributed by atoms with Crippen LogP contribution in [0.5, 0.6) is 11.5 Å². The lowest BCUT2D eigenvalue weighted by atomic mass is 9.94. The van der Waals surface area contributed by atoms with E-state index in [0.717, 1.165) is 4.90 Å². The Morgan fingerprint density at radius 1 is 1.26 bits per heavy atom. The van der Waals surface area contributed by atoms with Gasteiger partial charge in [-0.15, -0.1) is 0 Å². The van der Waals surface area contributed by atoms with Gasteiger partial charge < -0.3 is 24.0 Å². The molecular formula is C27H23F2N5O4. The van der Waals surface area contributed by atoms with Gasteiger partial charge in [0.15, 0.2) is 5.65 Å². The number of imidazole rings is 1. The fourth-order valence-corrected chi connectivity index (χ4v) is 5.71. The molecular weight excluding hydrogens is 496 g/mol. The summed E-state index contributed by atoms with van der Waals surface area (Å²) in [6.45, 7) is -3.97. The Morgan fingerprint density at radius 2 is 2.13 bits per heavy atom. The molecule has 0 spiro atoms. The van der Waals surface area contributed by atoms with Gasteiger partial charge >= 0.3 is 6.61 Å². The predicted molar refractivity (Wildman–Crippen MR) is 131 cm³/mol. The molecule has 4 aromatic rings. The van der Waals surface area contributed by atoms with Crippen molar-refractivity contribution in [1.82, 2.24) is 24.4 Å². The van der Waals surface area contributed by atoms with Crippen molar-refractivity contribution in [3.05, 3.63) is 65.2 Å². The minimum absolute atomic E-state index is 0.0291. The second-order valence-corrected chi connectivity index (χ2v) is 9.86. The molecule has 194 valence electrons. The first-order valence-corrected chi connectivity index (χ1v) is 12.1. The summed E-state index contributed by atoms with van der Waals surface area (Å²) in [6, 6.07) is 7.63. The first-order valence-electron chi connectivity index (χ1n) is 13.6. The van der Waals surface area contributed by atoms with Gasteiger partial charge in [0.2, 0.25) is 0 Å². The lowest BCUT2D eigenvalue weighted by Gasteiger charge is -2.29. The zero-order valence-electron chi connectivity index (χ0n) is 23.1. The number of fused-ring (bicyclic) bond motifs is 10. The summed E-state index contributed by atoms with van der Waals surface area (Å²) in [5.74, 6) is -0.285. The molecule has 1 aromatic carbocycles. The summed E-state index contributed by atoms with van der Waals surface area (Å²) in [7, 11) is 0. The maximum absolute atomic E-state index is 13.6. The number of aliphatic hydroxyl groups is 1. The van der Waals surface area contributed by atoms with E-state index >= 15 is 0 Å². The summed E-state index contributed by atoms with van der Waals surface area (Å²) in [4.78, 5) is 28.3. The second kappa shape index (κ2) is 7.94. The van der Waals surface area contributed by atoms with Gasteiger partial charge in [-0.25, -0.2) is 9.97 Å². The van der Waals surface area contributed by atoms with Crippen LogP contribution in [0.4, 0.5) is 8.78 Å². The van der Waals surface area contributed by atoms with E-state index in [0.29, 0.717) is 52.7 Å². The van der Waals surface area contributed by atoms with Crippen LogP contribution in [0.15, 0.2) is 42.6 Å².